The van der Waals surface area contributed by atoms with Crippen LogP contribution in [0.25, 0.3) is 11.1 Å². The number of carboxylic acids is 1. The van der Waals surface area contributed by atoms with Crippen LogP contribution in [0.3, 0.4) is 0 Å². The summed E-state index contributed by atoms with van der Waals surface area (Å²) in [5.74, 6) is -1.09. The molecule has 0 spiro atoms. The number of carbonyl (C=O) groups is 3. The molecule has 2 aliphatic rings. The highest BCUT2D eigenvalue weighted by atomic mass is 16.5. The average Bonchev–Trinajstić information content (AvgIpc) is 3.16. The Hall–Kier alpha value is -3.35. The molecule has 2 amide bonds. The van der Waals surface area contributed by atoms with Crippen LogP contribution in [0.15, 0.2) is 48.5 Å². The molecule has 1 unspecified atom stereocenters. The van der Waals surface area contributed by atoms with E-state index in [-0.39, 0.29) is 31.4 Å². The standard InChI is InChI=1S/C27H32N2O5/c30-25(29-24(26(31)32)16-18-8-2-1-3-9-18)14-15-28-27(33)34-17-23-21-12-6-4-10-19(21)20-11-5-7-13-22(20)23/h4-7,10-13,18,23-24H,1-3,8-9,14-17H2,(H,28,33)(H,29,30)(H,31,32). The molecule has 1 atom stereocenters. The van der Waals surface area contributed by atoms with Crippen molar-refractivity contribution in [3.8, 4) is 11.1 Å². The van der Waals surface area contributed by atoms with Crippen LogP contribution in [0.1, 0.15) is 62.0 Å². The molecule has 7 heteroatoms. The van der Waals surface area contributed by atoms with Gasteiger partial charge in [-0.05, 0) is 34.6 Å². The maximum absolute atomic E-state index is 12.3. The summed E-state index contributed by atoms with van der Waals surface area (Å²) in [6.45, 7) is 0.285. The van der Waals surface area contributed by atoms with Crippen LogP contribution in [-0.4, -0.2) is 42.3 Å². The molecule has 1 fully saturated rings. The van der Waals surface area contributed by atoms with Crippen molar-refractivity contribution in [1.29, 1.82) is 0 Å². The first-order chi connectivity index (χ1) is 16.5. The number of rotatable bonds is 9. The molecular weight excluding hydrogens is 432 g/mol. The van der Waals surface area contributed by atoms with Crippen molar-refractivity contribution in [2.45, 2.75) is 56.9 Å². The summed E-state index contributed by atoms with van der Waals surface area (Å²) < 4.78 is 5.47. The van der Waals surface area contributed by atoms with Crippen molar-refractivity contribution in [3.63, 3.8) is 0 Å². The van der Waals surface area contributed by atoms with Crippen molar-refractivity contribution in [1.82, 2.24) is 10.6 Å². The molecule has 2 aromatic carbocycles. The van der Waals surface area contributed by atoms with Crippen LogP contribution < -0.4 is 10.6 Å². The second-order valence-electron chi connectivity index (χ2n) is 9.20. The first-order valence-corrected chi connectivity index (χ1v) is 12.1. The normalized spacial score (nSPS) is 16.2. The number of fused-ring (bicyclic) bond motifs is 3. The summed E-state index contributed by atoms with van der Waals surface area (Å²) in [6, 6.07) is 15.3. The first-order valence-electron chi connectivity index (χ1n) is 12.1. The van der Waals surface area contributed by atoms with Gasteiger partial charge in [-0.3, -0.25) is 4.79 Å². The van der Waals surface area contributed by atoms with E-state index in [0.717, 1.165) is 47.9 Å². The topological polar surface area (TPSA) is 105 Å². The van der Waals surface area contributed by atoms with Gasteiger partial charge in [0.05, 0.1) is 0 Å². The van der Waals surface area contributed by atoms with Gasteiger partial charge in [0.15, 0.2) is 0 Å². The van der Waals surface area contributed by atoms with E-state index >= 15 is 0 Å². The number of aliphatic carboxylic acids is 1. The van der Waals surface area contributed by atoms with Crippen LogP contribution in [0.5, 0.6) is 0 Å². The monoisotopic (exact) mass is 464 g/mol. The van der Waals surface area contributed by atoms with Gasteiger partial charge in [-0.2, -0.15) is 0 Å². The van der Waals surface area contributed by atoms with Crippen molar-refractivity contribution < 1.29 is 24.2 Å². The van der Waals surface area contributed by atoms with Crippen molar-refractivity contribution in [2.75, 3.05) is 13.2 Å². The molecule has 1 saturated carbocycles. The van der Waals surface area contributed by atoms with Crippen LogP contribution in [0, 0.1) is 5.92 Å². The van der Waals surface area contributed by atoms with Gasteiger partial charge < -0.3 is 20.5 Å². The zero-order valence-electron chi connectivity index (χ0n) is 19.3. The summed E-state index contributed by atoms with van der Waals surface area (Å²) in [5, 5.41) is 14.7. The summed E-state index contributed by atoms with van der Waals surface area (Å²) in [7, 11) is 0. The highest BCUT2D eigenvalue weighted by molar-refractivity contribution is 5.84. The Morgan fingerprint density at radius 1 is 0.941 bits per heavy atom. The largest absolute Gasteiger partial charge is 0.480 e. The Balaban J connectivity index is 1.21. The highest BCUT2D eigenvalue weighted by Gasteiger charge is 2.29. The predicted molar refractivity (Wildman–Crippen MR) is 128 cm³/mol. The number of hydrogen-bond acceptors (Lipinski definition) is 4. The number of hydrogen-bond donors (Lipinski definition) is 3. The van der Waals surface area contributed by atoms with Crippen molar-refractivity contribution >= 4 is 18.0 Å². The molecule has 7 nitrogen and oxygen atoms in total. The molecular formula is C27H32N2O5. The number of alkyl carbamates (subject to hydrolysis) is 1. The van der Waals surface area contributed by atoms with Gasteiger partial charge in [0.25, 0.3) is 0 Å². The second kappa shape index (κ2) is 11.2. The highest BCUT2D eigenvalue weighted by Crippen LogP contribution is 2.44. The predicted octanol–water partition coefficient (Wildman–Crippen LogP) is 4.46. The third kappa shape index (κ3) is 5.76. The Morgan fingerprint density at radius 3 is 2.18 bits per heavy atom. The van der Waals surface area contributed by atoms with Crippen LogP contribution in [0.4, 0.5) is 4.79 Å². The van der Waals surface area contributed by atoms with E-state index in [1.807, 2.05) is 24.3 Å². The molecule has 2 aliphatic carbocycles. The van der Waals surface area contributed by atoms with E-state index < -0.39 is 18.1 Å². The molecule has 180 valence electrons. The van der Waals surface area contributed by atoms with E-state index in [0.29, 0.717) is 12.3 Å². The third-order valence-corrected chi connectivity index (χ3v) is 6.89. The molecule has 0 bridgehead atoms. The fourth-order valence-corrected chi connectivity index (χ4v) is 5.17. The third-order valence-electron chi connectivity index (χ3n) is 6.89. The van der Waals surface area contributed by atoms with Crippen molar-refractivity contribution in [2.24, 2.45) is 5.92 Å². The van der Waals surface area contributed by atoms with E-state index in [9.17, 15) is 19.5 Å². The van der Waals surface area contributed by atoms with Crippen molar-refractivity contribution in [3.05, 3.63) is 59.7 Å². The Kier molecular flexibility index (Phi) is 7.83. The summed E-state index contributed by atoms with van der Waals surface area (Å²) in [6.07, 6.45) is 5.34. The molecule has 0 aromatic heterocycles. The van der Waals surface area contributed by atoms with E-state index in [4.69, 9.17) is 4.74 Å². The first kappa shape index (κ1) is 23.8. The summed E-state index contributed by atoms with van der Waals surface area (Å²) in [4.78, 5) is 36.1. The summed E-state index contributed by atoms with van der Waals surface area (Å²) >= 11 is 0. The Labute approximate surface area is 199 Å². The maximum Gasteiger partial charge on any atom is 0.407 e. The molecule has 3 N–H and O–H groups in total. The molecule has 4 rings (SSSR count). The molecule has 34 heavy (non-hydrogen) atoms. The number of benzene rings is 2. The lowest BCUT2D eigenvalue weighted by Gasteiger charge is -2.25. The van der Waals surface area contributed by atoms with Crippen LogP contribution in [0.2, 0.25) is 0 Å². The van der Waals surface area contributed by atoms with Gasteiger partial charge in [-0.1, -0.05) is 80.6 Å². The van der Waals surface area contributed by atoms with Gasteiger partial charge in [-0.15, -0.1) is 0 Å². The van der Waals surface area contributed by atoms with Gasteiger partial charge >= 0.3 is 12.1 Å². The van der Waals surface area contributed by atoms with Crippen LogP contribution >= 0.6 is 0 Å². The Morgan fingerprint density at radius 2 is 1.56 bits per heavy atom. The van der Waals surface area contributed by atoms with E-state index in [1.54, 1.807) is 0 Å². The minimum Gasteiger partial charge on any atom is -0.480 e. The minimum atomic E-state index is -1.01. The van der Waals surface area contributed by atoms with Gasteiger partial charge in [0.1, 0.15) is 12.6 Å². The lowest BCUT2D eigenvalue weighted by molar-refractivity contribution is -0.142. The maximum atomic E-state index is 12.3. The smallest absolute Gasteiger partial charge is 0.407 e. The minimum absolute atomic E-state index is 0.00135. The number of amides is 2. The lowest BCUT2D eigenvalue weighted by Crippen LogP contribution is -2.43. The fraction of sp³-hybridized carbons (Fsp3) is 0.444. The molecule has 0 radical (unpaired) electrons. The average molecular weight is 465 g/mol. The number of nitrogens with one attached hydrogen (secondary N) is 2. The quantitative estimate of drug-likeness (QED) is 0.508. The Bertz CT molecular complexity index is 986. The van der Waals surface area contributed by atoms with Crippen LogP contribution in [-0.2, 0) is 14.3 Å². The fourth-order valence-electron chi connectivity index (χ4n) is 5.17. The number of ether oxygens (including phenoxy) is 1. The zero-order valence-corrected chi connectivity index (χ0v) is 19.3. The zero-order chi connectivity index (χ0) is 23.9. The molecule has 0 heterocycles. The lowest BCUT2D eigenvalue weighted by atomic mass is 9.85. The number of carbonyl (C=O) groups excluding carboxylic acids is 2. The molecule has 2 aromatic rings. The SMILES string of the molecule is O=C(CCNC(=O)OCC1c2ccccc2-c2ccccc21)NC(CC1CCCCC1)C(=O)O. The number of carboxylic acid groups (broad SMARTS) is 1. The van der Waals surface area contributed by atoms with Gasteiger partial charge in [0, 0.05) is 18.9 Å². The van der Waals surface area contributed by atoms with Gasteiger partial charge in [0.2, 0.25) is 5.91 Å². The van der Waals surface area contributed by atoms with E-state index in [1.165, 1.54) is 6.42 Å². The van der Waals surface area contributed by atoms with E-state index in [2.05, 4.69) is 34.9 Å². The van der Waals surface area contributed by atoms with Gasteiger partial charge in [-0.25, -0.2) is 9.59 Å². The summed E-state index contributed by atoms with van der Waals surface area (Å²) in [5.41, 5.74) is 4.58. The molecule has 0 aliphatic heterocycles. The molecule has 0 saturated heterocycles. The second-order valence-corrected chi connectivity index (χ2v) is 9.20.